The molecule has 3 aromatic heterocycles. The van der Waals surface area contributed by atoms with Crippen LogP contribution in [0.2, 0.25) is 0 Å². The van der Waals surface area contributed by atoms with Gasteiger partial charge in [-0.1, -0.05) is 96.2 Å². The number of ketones is 1. The molecule has 6 rings (SSSR count). The Bertz CT molecular complexity index is 1880. The second kappa shape index (κ2) is 10.5. The molecule has 0 saturated heterocycles. The van der Waals surface area contributed by atoms with E-state index in [1.165, 1.54) is 23.1 Å². The van der Waals surface area contributed by atoms with Crippen molar-refractivity contribution in [3.05, 3.63) is 130 Å². The number of nitrogens with zero attached hydrogens (tertiary/aromatic N) is 2. The van der Waals surface area contributed by atoms with Gasteiger partial charge in [0.15, 0.2) is 10.9 Å². The lowest BCUT2D eigenvalue weighted by atomic mass is 10.0. The van der Waals surface area contributed by atoms with E-state index in [0.717, 1.165) is 33.2 Å². The van der Waals surface area contributed by atoms with Crippen LogP contribution in [-0.2, 0) is 6.54 Å². The number of H-pyrrole nitrogens is 1. The maximum Gasteiger partial charge on any atom is 0.263 e. The number of thiophene rings is 1. The van der Waals surface area contributed by atoms with Gasteiger partial charge in [-0.3, -0.25) is 14.2 Å². The molecule has 0 unspecified atom stereocenters. The smallest absolute Gasteiger partial charge is 0.263 e. The van der Waals surface area contributed by atoms with E-state index in [-0.39, 0.29) is 17.9 Å². The molecule has 0 bridgehead atoms. The van der Waals surface area contributed by atoms with Crippen molar-refractivity contribution in [3.63, 3.8) is 0 Å². The number of hydrogen-bond acceptors (Lipinski definition) is 5. The molecule has 0 radical (unpaired) electrons. The molecule has 6 aromatic rings. The number of aromatic nitrogens is 3. The minimum absolute atomic E-state index is 0.0466. The van der Waals surface area contributed by atoms with Gasteiger partial charge in [-0.05, 0) is 24.1 Å². The molecule has 0 aliphatic rings. The summed E-state index contributed by atoms with van der Waals surface area (Å²) in [6.45, 7) is 6.21. The van der Waals surface area contributed by atoms with Crippen LogP contribution in [0.1, 0.15) is 26.7 Å². The van der Waals surface area contributed by atoms with Gasteiger partial charge in [0.25, 0.3) is 5.56 Å². The average Bonchev–Trinajstić information content (AvgIpc) is 3.59. The summed E-state index contributed by atoms with van der Waals surface area (Å²) in [5, 5.41) is 3.35. The molecule has 0 aliphatic heterocycles. The topological polar surface area (TPSA) is 67.8 Å². The molecule has 0 fully saturated rings. The van der Waals surface area contributed by atoms with E-state index in [9.17, 15) is 9.59 Å². The summed E-state index contributed by atoms with van der Waals surface area (Å²) in [7, 11) is 0. The summed E-state index contributed by atoms with van der Waals surface area (Å²) in [4.78, 5) is 36.8. The van der Waals surface area contributed by atoms with Crippen molar-refractivity contribution in [2.75, 3.05) is 0 Å². The Hall–Kier alpha value is -4.20. The minimum Gasteiger partial charge on any atom is -0.360 e. The number of hydrogen-bond donors (Lipinski definition) is 1. The first kappa shape index (κ1) is 25.1. The van der Waals surface area contributed by atoms with Crippen LogP contribution in [-0.4, -0.2) is 20.3 Å². The number of fused-ring (bicyclic) bond motifs is 2. The van der Waals surface area contributed by atoms with E-state index in [0.29, 0.717) is 20.9 Å². The van der Waals surface area contributed by atoms with Gasteiger partial charge in [0.1, 0.15) is 10.1 Å². The number of nitrogens with one attached hydrogen (secondary N) is 1. The first-order valence-electron chi connectivity index (χ1n) is 12.6. The maximum absolute atomic E-state index is 14.1. The molecule has 0 aliphatic carbocycles. The monoisotopic (exact) mass is 547 g/mol. The summed E-state index contributed by atoms with van der Waals surface area (Å²) in [6, 6.07) is 25.6. The lowest BCUT2D eigenvalue weighted by Crippen LogP contribution is -2.23. The van der Waals surface area contributed by atoms with Crippen LogP contribution in [0.15, 0.2) is 113 Å². The number of para-hydroxylation sites is 1. The molecule has 0 amide bonds. The number of benzene rings is 3. The molecule has 3 aromatic carbocycles. The predicted molar refractivity (Wildman–Crippen MR) is 162 cm³/mol. The lowest BCUT2D eigenvalue weighted by molar-refractivity contribution is 0.0991. The van der Waals surface area contributed by atoms with Crippen molar-refractivity contribution in [1.82, 2.24) is 14.5 Å². The SMILES string of the molecule is C=CCn1c(S[C@@H](C(=O)c2c[nH]c3ccccc23)c2ccccc2)nc2scc(-c3ccc(C)cc3)c2c1=O. The fraction of sp³-hybridized carbons (Fsp3) is 0.0938. The van der Waals surface area contributed by atoms with Crippen molar-refractivity contribution in [1.29, 1.82) is 0 Å². The third-order valence-electron chi connectivity index (χ3n) is 6.75. The van der Waals surface area contributed by atoms with Crippen LogP contribution in [0.4, 0.5) is 0 Å². The van der Waals surface area contributed by atoms with E-state index in [4.69, 9.17) is 4.98 Å². The Morgan fingerprint density at radius 3 is 2.59 bits per heavy atom. The van der Waals surface area contributed by atoms with Crippen LogP contribution in [0.5, 0.6) is 0 Å². The van der Waals surface area contributed by atoms with Crippen molar-refractivity contribution < 1.29 is 4.79 Å². The normalized spacial score (nSPS) is 12.1. The van der Waals surface area contributed by atoms with Gasteiger partial charge in [0.2, 0.25) is 0 Å². The number of rotatable bonds is 8. The first-order chi connectivity index (χ1) is 19.0. The third-order valence-corrected chi connectivity index (χ3v) is 8.87. The van der Waals surface area contributed by atoms with Crippen LogP contribution < -0.4 is 5.56 Å². The van der Waals surface area contributed by atoms with E-state index in [1.54, 1.807) is 16.8 Å². The zero-order chi connectivity index (χ0) is 26.9. The molecule has 5 nitrogen and oxygen atoms in total. The number of aromatic amines is 1. The highest BCUT2D eigenvalue weighted by molar-refractivity contribution is 8.00. The number of allylic oxidation sites excluding steroid dienone is 1. The van der Waals surface area contributed by atoms with E-state index in [2.05, 4.69) is 11.6 Å². The summed E-state index contributed by atoms with van der Waals surface area (Å²) in [6.07, 6.45) is 3.46. The zero-order valence-corrected chi connectivity index (χ0v) is 22.9. The Balaban J connectivity index is 1.48. The second-order valence-corrected chi connectivity index (χ2v) is 11.2. The Kier molecular flexibility index (Phi) is 6.77. The average molecular weight is 548 g/mol. The Morgan fingerprint density at radius 2 is 1.82 bits per heavy atom. The summed E-state index contributed by atoms with van der Waals surface area (Å²) in [5.41, 5.74) is 5.25. The lowest BCUT2D eigenvalue weighted by Gasteiger charge is -2.18. The first-order valence-corrected chi connectivity index (χ1v) is 14.3. The van der Waals surface area contributed by atoms with Gasteiger partial charge in [0.05, 0.1) is 5.39 Å². The molecule has 192 valence electrons. The fourth-order valence-electron chi connectivity index (χ4n) is 4.75. The highest BCUT2D eigenvalue weighted by atomic mass is 32.2. The number of carbonyl (C=O) groups excluding carboxylic acids is 1. The molecule has 3 heterocycles. The van der Waals surface area contributed by atoms with Crippen LogP contribution in [0.3, 0.4) is 0 Å². The molecule has 1 atom stereocenters. The molecule has 0 saturated carbocycles. The minimum atomic E-state index is -0.595. The van der Waals surface area contributed by atoms with Crippen molar-refractivity contribution >= 4 is 50.0 Å². The zero-order valence-electron chi connectivity index (χ0n) is 21.3. The molecular weight excluding hydrogens is 523 g/mol. The van der Waals surface area contributed by atoms with Crippen LogP contribution in [0, 0.1) is 6.92 Å². The van der Waals surface area contributed by atoms with E-state index >= 15 is 0 Å². The Morgan fingerprint density at radius 1 is 1.08 bits per heavy atom. The van der Waals surface area contributed by atoms with Crippen LogP contribution >= 0.6 is 23.1 Å². The number of Topliss-reactive ketones (excluding diaryl/α,β-unsaturated/α-hetero) is 1. The molecule has 1 N–H and O–H groups in total. The fourth-order valence-corrected chi connectivity index (χ4v) is 6.92. The van der Waals surface area contributed by atoms with E-state index in [1.807, 2.05) is 91.2 Å². The van der Waals surface area contributed by atoms with Gasteiger partial charge < -0.3 is 4.98 Å². The second-order valence-electron chi connectivity index (χ2n) is 9.32. The van der Waals surface area contributed by atoms with Gasteiger partial charge in [0, 0.05) is 40.2 Å². The highest BCUT2D eigenvalue weighted by Crippen LogP contribution is 2.40. The van der Waals surface area contributed by atoms with Gasteiger partial charge >= 0.3 is 0 Å². The van der Waals surface area contributed by atoms with Crippen LogP contribution in [0.25, 0.3) is 32.2 Å². The third kappa shape index (κ3) is 4.64. The largest absolute Gasteiger partial charge is 0.360 e. The number of carbonyl (C=O) groups is 1. The number of thioether (sulfide) groups is 1. The number of aryl methyl sites for hydroxylation is 1. The standard InChI is InChI=1S/C32H25N3O2S2/c1-3-17-35-31(37)27-25(21-15-13-20(2)14-16-21)19-38-30(27)34-32(35)39-29(22-9-5-4-6-10-22)28(36)24-18-33-26-12-8-7-11-23(24)26/h3-16,18-19,29,33H,1,17H2,2H3/t29-/m1/s1. The summed E-state index contributed by atoms with van der Waals surface area (Å²) >= 11 is 2.75. The molecule has 0 spiro atoms. The predicted octanol–water partition coefficient (Wildman–Crippen LogP) is 7.82. The quantitative estimate of drug-likeness (QED) is 0.0913. The molecule has 7 heteroatoms. The van der Waals surface area contributed by atoms with Gasteiger partial charge in [-0.15, -0.1) is 17.9 Å². The Labute approximate surface area is 233 Å². The van der Waals surface area contributed by atoms with Crippen molar-refractivity contribution in [3.8, 4) is 11.1 Å². The van der Waals surface area contributed by atoms with E-state index < -0.39 is 5.25 Å². The maximum atomic E-state index is 14.1. The molecular formula is C32H25N3O2S2. The van der Waals surface area contributed by atoms with Crippen molar-refractivity contribution in [2.45, 2.75) is 23.9 Å². The van der Waals surface area contributed by atoms with Gasteiger partial charge in [-0.25, -0.2) is 4.98 Å². The summed E-state index contributed by atoms with van der Waals surface area (Å²) in [5.74, 6) is -0.0466. The highest BCUT2D eigenvalue weighted by Gasteiger charge is 2.28. The molecule has 39 heavy (non-hydrogen) atoms. The summed E-state index contributed by atoms with van der Waals surface area (Å²) < 4.78 is 1.63. The van der Waals surface area contributed by atoms with Crippen molar-refractivity contribution in [2.24, 2.45) is 0 Å². The van der Waals surface area contributed by atoms with Gasteiger partial charge in [-0.2, -0.15) is 0 Å².